The van der Waals surface area contributed by atoms with Crippen LogP contribution in [0.2, 0.25) is 0 Å². The fourth-order valence-electron chi connectivity index (χ4n) is 4.86. The zero-order valence-corrected chi connectivity index (χ0v) is 17.1. The van der Waals surface area contributed by atoms with Gasteiger partial charge in [0.2, 0.25) is 5.91 Å². The van der Waals surface area contributed by atoms with Gasteiger partial charge in [-0.1, -0.05) is 0 Å². The first-order valence-corrected chi connectivity index (χ1v) is 10.2. The number of imidazole rings is 1. The number of aromatic nitrogens is 6. The lowest BCUT2D eigenvalue weighted by molar-refractivity contribution is -0.133. The van der Waals surface area contributed by atoms with Gasteiger partial charge in [-0.15, -0.1) is 5.10 Å². The quantitative estimate of drug-likeness (QED) is 0.697. The van der Waals surface area contributed by atoms with E-state index in [1.165, 1.54) is 5.69 Å². The second-order valence-electron chi connectivity index (χ2n) is 8.27. The highest BCUT2D eigenvalue weighted by Crippen LogP contribution is 2.41. The first-order chi connectivity index (χ1) is 14.0. The van der Waals surface area contributed by atoms with Crippen molar-refractivity contribution < 1.29 is 4.79 Å². The van der Waals surface area contributed by atoms with Crippen LogP contribution in [-0.4, -0.2) is 71.9 Å². The van der Waals surface area contributed by atoms with Gasteiger partial charge in [0.1, 0.15) is 0 Å². The van der Waals surface area contributed by atoms with Gasteiger partial charge in [-0.3, -0.25) is 9.69 Å². The van der Waals surface area contributed by atoms with Crippen LogP contribution >= 0.6 is 0 Å². The lowest BCUT2D eigenvalue weighted by atomic mass is 9.79. The first kappa shape index (κ1) is 18.2. The summed E-state index contributed by atoms with van der Waals surface area (Å²) in [7, 11) is 2.17. The fraction of sp³-hybridized carbons (Fsp3) is 0.550. The maximum Gasteiger partial charge on any atom is 0.252 e. The van der Waals surface area contributed by atoms with E-state index in [4.69, 9.17) is 0 Å². The number of nitrogens with zero attached hydrogens (tertiary/aromatic N) is 7. The Balaban J connectivity index is 1.31. The van der Waals surface area contributed by atoms with E-state index in [0.717, 1.165) is 56.0 Å². The molecule has 2 aliphatic heterocycles. The smallest absolute Gasteiger partial charge is 0.252 e. The second kappa shape index (κ2) is 6.62. The summed E-state index contributed by atoms with van der Waals surface area (Å²) in [5.74, 6) is 1.16. The maximum atomic E-state index is 12.9. The van der Waals surface area contributed by atoms with Crippen molar-refractivity contribution in [2.45, 2.75) is 45.1 Å². The number of piperidine rings is 1. The molecule has 0 aliphatic carbocycles. The molecule has 9 nitrogen and oxygen atoms in total. The minimum absolute atomic E-state index is 0.0652. The number of fused-ring (bicyclic) bond motifs is 3. The zero-order valence-electron chi connectivity index (χ0n) is 17.1. The highest BCUT2D eigenvalue weighted by atomic mass is 16.2. The summed E-state index contributed by atoms with van der Waals surface area (Å²) in [5, 5.41) is 4.48. The molecule has 2 aliphatic rings. The first-order valence-electron chi connectivity index (χ1n) is 10.2. The number of aryl methyl sites for hydroxylation is 2. The van der Waals surface area contributed by atoms with Crippen LogP contribution in [0.5, 0.6) is 0 Å². The second-order valence-corrected chi connectivity index (χ2v) is 8.27. The van der Waals surface area contributed by atoms with Gasteiger partial charge in [0.15, 0.2) is 5.82 Å². The average Bonchev–Trinajstić information content (AvgIpc) is 3.33. The number of H-pyrrole nitrogens is 1. The molecule has 9 heteroatoms. The van der Waals surface area contributed by atoms with E-state index in [9.17, 15) is 4.79 Å². The largest absolute Gasteiger partial charge is 0.348 e. The average molecular weight is 394 g/mol. The summed E-state index contributed by atoms with van der Waals surface area (Å²) >= 11 is 0. The number of hydrogen-bond donors (Lipinski definition) is 1. The van der Waals surface area contributed by atoms with Gasteiger partial charge in [0, 0.05) is 43.1 Å². The van der Waals surface area contributed by atoms with Crippen LogP contribution in [-0.2, 0) is 23.2 Å². The standard InChI is InChI=1S/C20H26N8O/c1-13-10-14(2)28-19(23-13)24-16(25-28)11-17(29)27-8-5-20(6-9-27)18-15(21-12-22-18)4-7-26(20)3/h10,12H,4-9,11H2,1-3H3,(H,21,22). The topological polar surface area (TPSA) is 95.3 Å². The molecule has 0 radical (unpaired) electrons. The Labute approximate surface area is 169 Å². The molecule has 152 valence electrons. The van der Waals surface area contributed by atoms with Crippen molar-refractivity contribution in [3.63, 3.8) is 0 Å². The van der Waals surface area contributed by atoms with E-state index in [1.807, 2.05) is 24.8 Å². The number of rotatable bonds is 2. The van der Waals surface area contributed by atoms with Gasteiger partial charge in [-0.05, 0) is 39.8 Å². The molecule has 1 spiro atoms. The van der Waals surface area contributed by atoms with Crippen molar-refractivity contribution in [2.24, 2.45) is 0 Å². The van der Waals surface area contributed by atoms with Gasteiger partial charge >= 0.3 is 0 Å². The van der Waals surface area contributed by atoms with Crippen LogP contribution in [0.1, 0.15) is 41.4 Å². The van der Waals surface area contributed by atoms with Crippen molar-refractivity contribution in [3.05, 3.63) is 41.0 Å². The Hall–Kier alpha value is -2.81. The summed E-state index contributed by atoms with van der Waals surface area (Å²) in [6, 6.07) is 1.96. The third-order valence-corrected chi connectivity index (χ3v) is 6.50. The SMILES string of the molecule is Cc1cc(C)n2nc(CC(=O)N3CCC4(CC3)c3nc[nH]c3CCN4C)nc2n1. The minimum atomic E-state index is -0.0652. The van der Waals surface area contributed by atoms with Crippen molar-refractivity contribution in [1.82, 2.24) is 39.3 Å². The third-order valence-electron chi connectivity index (χ3n) is 6.50. The summed E-state index contributed by atoms with van der Waals surface area (Å²) in [6.45, 7) is 6.36. The molecule has 0 aromatic carbocycles. The zero-order chi connectivity index (χ0) is 20.2. The van der Waals surface area contributed by atoms with E-state index in [0.29, 0.717) is 11.6 Å². The summed E-state index contributed by atoms with van der Waals surface area (Å²) in [5.41, 5.74) is 4.21. The van der Waals surface area contributed by atoms with Gasteiger partial charge < -0.3 is 9.88 Å². The van der Waals surface area contributed by atoms with Gasteiger partial charge in [0.05, 0.1) is 24.0 Å². The molecule has 0 bridgehead atoms. The number of carbonyl (C=O) groups is 1. The molecule has 5 heterocycles. The summed E-state index contributed by atoms with van der Waals surface area (Å²) < 4.78 is 1.71. The van der Waals surface area contributed by atoms with E-state index >= 15 is 0 Å². The predicted octanol–water partition coefficient (Wildman–Crippen LogP) is 1.01. The number of amides is 1. The molecule has 0 saturated carbocycles. The summed E-state index contributed by atoms with van der Waals surface area (Å²) in [4.78, 5) is 34.1. The van der Waals surface area contributed by atoms with Gasteiger partial charge in [-0.25, -0.2) is 14.5 Å². The summed E-state index contributed by atoms with van der Waals surface area (Å²) in [6.07, 6.45) is 4.80. The number of likely N-dealkylation sites (tertiary alicyclic amines) is 1. The van der Waals surface area contributed by atoms with Crippen LogP contribution in [0.4, 0.5) is 0 Å². The Kier molecular flexibility index (Phi) is 4.16. The molecule has 1 N–H and O–H groups in total. The van der Waals surface area contributed by atoms with Crippen molar-refractivity contribution in [1.29, 1.82) is 0 Å². The predicted molar refractivity (Wildman–Crippen MR) is 106 cm³/mol. The molecular formula is C20H26N8O. The number of carbonyl (C=O) groups excluding carboxylic acids is 1. The molecular weight excluding hydrogens is 368 g/mol. The highest BCUT2D eigenvalue weighted by molar-refractivity contribution is 5.78. The Morgan fingerprint density at radius 1 is 1.21 bits per heavy atom. The van der Waals surface area contributed by atoms with E-state index in [-0.39, 0.29) is 17.9 Å². The van der Waals surface area contributed by atoms with Crippen LogP contribution in [0.15, 0.2) is 12.4 Å². The maximum absolute atomic E-state index is 12.9. The number of aromatic amines is 1. The van der Waals surface area contributed by atoms with E-state index in [1.54, 1.807) is 10.8 Å². The van der Waals surface area contributed by atoms with E-state index < -0.39 is 0 Å². The van der Waals surface area contributed by atoms with Crippen LogP contribution in [0.3, 0.4) is 0 Å². The minimum Gasteiger partial charge on any atom is -0.348 e. The monoisotopic (exact) mass is 394 g/mol. The molecule has 3 aromatic heterocycles. The number of likely N-dealkylation sites (N-methyl/N-ethyl adjacent to an activating group) is 1. The lowest BCUT2D eigenvalue weighted by Crippen LogP contribution is -2.55. The van der Waals surface area contributed by atoms with Crippen molar-refractivity contribution in [3.8, 4) is 0 Å². The molecule has 1 saturated heterocycles. The van der Waals surface area contributed by atoms with Crippen LogP contribution in [0, 0.1) is 13.8 Å². The number of hydrogen-bond acceptors (Lipinski definition) is 6. The third kappa shape index (κ3) is 2.91. The molecule has 0 unspecified atom stereocenters. The fourth-order valence-corrected chi connectivity index (χ4v) is 4.86. The molecule has 1 amide bonds. The van der Waals surface area contributed by atoms with E-state index in [2.05, 4.69) is 37.0 Å². The highest BCUT2D eigenvalue weighted by Gasteiger charge is 2.45. The van der Waals surface area contributed by atoms with Crippen molar-refractivity contribution in [2.75, 3.05) is 26.7 Å². The van der Waals surface area contributed by atoms with Crippen molar-refractivity contribution >= 4 is 11.7 Å². The number of nitrogens with one attached hydrogen (secondary N) is 1. The molecule has 0 atom stereocenters. The molecule has 5 rings (SSSR count). The Morgan fingerprint density at radius 3 is 2.79 bits per heavy atom. The molecule has 3 aromatic rings. The van der Waals surface area contributed by atoms with Gasteiger partial charge in [-0.2, -0.15) is 4.98 Å². The van der Waals surface area contributed by atoms with Gasteiger partial charge in [0.25, 0.3) is 5.78 Å². The lowest BCUT2D eigenvalue weighted by Gasteiger charge is -2.49. The Bertz CT molecular complexity index is 1080. The van der Waals surface area contributed by atoms with Crippen LogP contribution < -0.4 is 0 Å². The normalized spacial score (nSPS) is 19.1. The molecule has 1 fully saturated rings. The Morgan fingerprint density at radius 2 is 2.00 bits per heavy atom. The van der Waals surface area contributed by atoms with Crippen LogP contribution in [0.25, 0.3) is 5.78 Å². The molecule has 29 heavy (non-hydrogen) atoms.